The van der Waals surface area contributed by atoms with Crippen LogP contribution in [-0.4, -0.2) is 14.0 Å². The summed E-state index contributed by atoms with van der Waals surface area (Å²) in [6.45, 7) is 6.08. The molecule has 0 atom stereocenters. The highest BCUT2D eigenvalue weighted by Crippen LogP contribution is 2.23. The molecule has 0 radical (unpaired) electrons. The first-order valence-electron chi connectivity index (χ1n) is 6.30. The number of sulfonamides is 1. The Morgan fingerprint density at radius 3 is 2.32 bits per heavy atom. The van der Waals surface area contributed by atoms with Crippen LogP contribution in [0.25, 0.3) is 0 Å². The molecular formula is C13H21ClN2O2S. The highest BCUT2D eigenvalue weighted by molar-refractivity contribution is 7.89. The number of hydrogen-bond acceptors (Lipinski definition) is 3. The van der Waals surface area contributed by atoms with Crippen molar-refractivity contribution in [3.05, 3.63) is 28.8 Å². The lowest BCUT2D eigenvalue weighted by Crippen LogP contribution is -2.44. The minimum atomic E-state index is -3.56. The first-order valence-corrected chi connectivity index (χ1v) is 8.16. The van der Waals surface area contributed by atoms with Crippen LogP contribution < -0.4 is 10.5 Å². The molecule has 1 aromatic carbocycles. The Kier molecular flexibility index (Phi) is 5.38. The van der Waals surface area contributed by atoms with Crippen molar-refractivity contribution in [3.63, 3.8) is 0 Å². The topological polar surface area (TPSA) is 72.2 Å². The molecule has 0 saturated carbocycles. The van der Waals surface area contributed by atoms with E-state index in [0.717, 1.165) is 18.4 Å². The molecule has 0 aliphatic carbocycles. The van der Waals surface area contributed by atoms with E-state index >= 15 is 0 Å². The molecular weight excluding hydrogens is 284 g/mol. The van der Waals surface area contributed by atoms with Crippen molar-refractivity contribution >= 4 is 21.6 Å². The maximum absolute atomic E-state index is 12.3. The van der Waals surface area contributed by atoms with Gasteiger partial charge in [-0.3, -0.25) is 0 Å². The Balaban J connectivity index is 3.11. The smallest absolute Gasteiger partial charge is 0.241 e. The van der Waals surface area contributed by atoms with Gasteiger partial charge < -0.3 is 5.73 Å². The Bertz CT molecular complexity index is 540. The minimum absolute atomic E-state index is 0.169. The van der Waals surface area contributed by atoms with Gasteiger partial charge in [-0.1, -0.05) is 31.5 Å². The van der Waals surface area contributed by atoms with Crippen LogP contribution in [0.3, 0.4) is 0 Å². The third-order valence-corrected chi connectivity index (χ3v) is 5.48. The quantitative estimate of drug-likeness (QED) is 0.848. The SMILES string of the molecule is CCC(C)(CC)NS(=O)(=O)c1ccc(CN)c(Cl)c1. The molecule has 0 unspecified atom stereocenters. The zero-order valence-electron chi connectivity index (χ0n) is 11.5. The van der Waals surface area contributed by atoms with Gasteiger partial charge in [0.15, 0.2) is 0 Å². The second-order valence-electron chi connectivity index (χ2n) is 4.83. The van der Waals surface area contributed by atoms with Gasteiger partial charge >= 0.3 is 0 Å². The maximum Gasteiger partial charge on any atom is 0.241 e. The molecule has 0 fully saturated rings. The molecule has 0 aliphatic heterocycles. The second-order valence-corrected chi connectivity index (χ2v) is 6.92. The van der Waals surface area contributed by atoms with Gasteiger partial charge in [-0.25, -0.2) is 13.1 Å². The molecule has 19 heavy (non-hydrogen) atoms. The molecule has 0 bridgehead atoms. The summed E-state index contributed by atoms with van der Waals surface area (Å²) in [4.78, 5) is 0.169. The fourth-order valence-electron chi connectivity index (χ4n) is 1.64. The number of nitrogens with one attached hydrogen (secondary N) is 1. The van der Waals surface area contributed by atoms with E-state index in [2.05, 4.69) is 4.72 Å². The standard InChI is InChI=1S/C13H21ClN2O2S/c1-4-13(3,5-2)16-19(17,18)11-7-6-10(9-15)12(14)8-11/h6-8,16H,4-5,9,15H2,1-3H3. The van der Waals surface area contributed by atoms with Gasteiger partial charge in [-0.2, -0.15) is 0 Å². The van der Waals surface area contributed by atoms with Gasteiger partial charge in [0.25, 0.3) is 0 Å². The predicted octanol–water partition coefficient (Wildman–Crippen LogP) is 2.66. The molecule has 0 saturated heterocycles. The third-order valence-electron chi connectivity index (χ3n) is 3.50. The van der Waals surface area contributed by atoms with Gasteiger partial charge in [-0.05, 0) is 37.5 Å². The largest absolute Gasteiger partial charge is 0.326 e. The molecule has 6 heteroatoms. The van der Waals surface area contributed by atoms with Crippen LogP contribution >= 0.6 is 11.6 Å². The van der Waals surface area contributed by atoms with Crippen molar-refractivity contribution < 1.29 is 8.42 Å². The van der Waals surface area contributed by atoms with E-state index in [1.54, 1.807) is 6.07 Å². The first kappa shape index (κ1) is 16.4. The Labute approximate surface area is 120 Å². The van der Waals surface area contributed by atoms with E-state index in [-0.39, 0.29) is 11.4 Å². The molecule has 0 amide bonds. The van der Waals surface area contributed by atoms with Crippen molar-refractivity contribution in [2.45, 2.75) is 50.6 Å². The van der Waals surface area contributed by atoms with Crippen LogP contribution in [0.15, 0.2) is 23.1 Å². The molecule has 1 aromatic rings. The number of rotatable bonds is 6. The minimum Gasteiger partial charge on any atom is -0.326 e. The summed E-state index contributed by atoms with van der Waals surface area (Å²) < 4.78 is 27.4. The molecule has 0 aromatic heterocycles. The van der Waals surface area contributed by atoms with Gasteiger partial charge in [0.1, 0.15) is 0 Å². The summed E-state index contributed by atoms with van der Waals surface area (Å²) in [5.41, 5.74) is 5.79. The van der Waals surface area contributed by atoms with Gasteiger partial charge in [-0.15, -0.1) is 0 Å². The highest BCUT2D eigenvalue weighted by Gasteiger charge is 2.27. The summed E-state index contributed by atoms with van der Waals surface area (Å²) >= 11 is 6.00. The van der Waals surface area contributed by atoms with E-state index < -0.39 is 15.6 Å². The van der Waals surface area contributed by atoms with Crippen LogP contribution in [0.5, 0.6) is 0 Å². The maximum atomic E-state index is 12.3. The van der Waals surface area contributed by atoms with E-state index in [0.29, 0.717) is 5.02 Å². The van der Waals surface area contributed by atoms with E-state index in [4.69, 9.17) is 17.3 Å². The average molecular weight is 305 g/mol. The third kappa shape index (κ3) is 3.92. The zero-order chi connectivity index (χ0) is 14.7. The van der Waals surface area contributed by atoms with Crippen molar-refractivity contribution in [2.24, 2.45) is 5.73 Å². The van der Waals surface area contributed by atoms with E-state index in [1.165, 1.54) is 12.1 Å². The van der Waals surface area contributed by atoms with Crippen molar-refractivity contribution in [3.8, 4) is 0 Å². The summed E-state index contributed by atoms with van der Waals surface area (Å²) in [6, 6.07) is 4.62. The molecule has 1 rings (SSSR count). The van der Waals surface area contributed by atoms with E-state index in [9.17, 15) is 8.42 Å². The Morgan fingerprint density at radius 2 is 1.89 bits per heavy atom. The van der Waals surface area contributed by atoms with E-state index in [1.807, 2.05) is 20.8 Å². The Morgan fingerprint density at radius 1 is 1.32 bits per heavy atom. The highest BCUT2D eigenvalue weighted by atomic mass is 35.5. The lowest BCUT2D eigenvalue weighted by Gasteiger charge is -2.27. The average Bonchev–Trinajstić information content (AvgIpc) is 2.38. The van der Waals surface area contributed by atoms with Crippen molar-refractivity contribution in [2.75, 3.05) is 0 Å². The summed E-state index contributed by atoms with van der Waals surface area (Å²) in [5.74, 6) is 0. The lowest BCUT2D eigenvalue weighted by molar-refractivity contribution is 0.388. The van der Waals surface area contributed by atoms with Gasteiger partial charge in [0.05, 0.1) is 4.90 Å². The molecule has 0 spiro atoms. The monoisotopic (exact) mass is 304 g/mol. The second kappa shape index (κ2) is 6.22. The van der Waals surface area contributed by atoms with Crippen LogP contribution in [-0.2, 0) is 16.6 Å². The number of nitrogens with two attached hydrogens (primary N) is 1. The normalized spacial score (nSPS) is 12.7. The fraction of sp³-hybridized carbons (Fsp3) is 0.538. The van der Waals surface area contributed by atoms with Crippen molar-refractivity contribution in [1.29, 1.82) is 0 Å². The van der Waals surface area contributed by atoms with Gasteiger partial charge in [0.2, 0.25) is 10.0 Å². The summed E-state index contributed by atoms with van der Waals surface area (Å²) in [5, 5.41) is 0.375. The zero-order valence-corrected chi connectivity index (χ0v) is 13.1. The van der Waals surface area contributed by atoms with Crippen LogP contribution in [0.4, 0.5) is 0 Å². The lowest BCUT2D eigenvalue weighted by atomic mass is 9.98. The molecule has 108 valence electrons. The predicted molar refractivity (Wildman–Crippen MR) is 78.7 cm³/mol. The summed E-state index contributed by atoms with van der Waals surface area (Å²) in [7, 11) is -3.56. The number of benzene rings is 1. The van der Waals surface area contributed by atoms with Crippen molar-refractivity contribution in [1.82, 2.24) is 4.72 Å². The van der Waals surface area contributed by atoms with Crippen LogP contribution in [0, 0.1) is 0 Å². The van der Waals surface area contributed by atoms with Crippen LogP contribution in [0.2, 0.25) is 5.02 Å². The number of hydrogen-bond donors (Lipinski definition) is 2. The van der Waals surface area contributed by atoms with Gasteiger partial charge in [0, 0.05) is 17.1 Å². The molecule has 0 heterocycles. The van der Waals surface area contributed by atoms with Crippen LogP contribution in [0.1, 0.15) is 39.2 Å². The number of halogens is 1. The molecule has 4 nitrogen and oxygen atoms in total. The first-order chi connectivity index (χ1) is 8.78. The molecule has 3 N–H and O–H groups in total. The summed E-state index contributed by atoms with van der Waals surface area (Å²) in [6.07, 6.45) is 1.44. The fourth-order valence-corrected chi connectivity index (χ4v) is 3.54. The molecule has 0 aliphatic rings. The Hall–Kier alpha value is -0.620.